The largest absolute Gasteiger partial charge is 0.320 e. The molecule has 1 aromatic rings. The van der Waals surface area contributed by atoms with Crippen LogP contribution in [0.15, 0.2) is 18.2 Å². The average Bonchev–Trinajstić information content (AvgIpc) is 2.38. The van der Waals surface area contributed by atoms with Crippen molar-refractivity contribution in [3.05, 3.63) is 34.9 Å². The van der Waals surface area contributed by atoms with E-state index in [9.17, 15) is 0 Å². The first-order valence-electron chi connectivity index (χ1n) is 6.86. The van der Waals surface area contributed by atoms with Crippen molar-refractivity contribution in [1.82, 2.24) is 10.6 Å². The van der Waals surface area contributed by atoms with Gasteiger partial charge in [-0.25, -0.2) is 0 Å². The fourth-order valence-electron chi connectivity index (χ4n) is 2.52. The molecule has 0 saturated heterocycles. The van der Waals surface area contributed by atoms with Crippen LogP contribution in [-0.2, 0) is 19.4 Å². The minimum Gasteiger partial charge on any atom is -0.320 e. The van der Waals surface area contributed by atoms with Gasteiger partial charge < -0.3 is 10.6 Å². The van der Waals surface area contributed by atoms with Crippen molar-refractivity contribution < 1.29 is 0 Å². The molecule has 0 bridgehead atoms. The highest BCUT2D eigenvalue weighted by Gasteiger charge is 2.08. The average molecular weight is 232 g/mol. The second-order valence-corrected chi connectivity index (χ2v) is 4.94. The van der Waals surface area contributed by atoms with Crippen LogP contribution in [0.2, 0.25) is 0 Å². The number of nitrogens with one attached hydrogen (secondary N) is 2. The number of rotatable bonds is 6. The van der Waals surface area contributed by atoms with Crippen molar-refractivity contribution in [2.24, 2.45) is 0 Å². The number of hydrogen-bond acceptors (Lipinski definition) is 2. The number of hydrogen-bond donors (Lipinski definition) is 2. The van der Waals surface area contributed by atoms with Crippen LogP contribution in [-0.4, -0.2) is 20.1 Å². The molecule has 0 aromatic heterocycles. The first-order valence-corrected chi connectivity index (χ1v) is 6.86. The zero-order valence-electron chi connectivity index (χ0n) is 10.9. The monoisotopic (exact) mass is 232 g/mol. The Hall–Kier alpha value is -0.860. The summed E-state index contributed by atoms with van der Waals surface area (Å²) in [6.45, 7) is 3.20. The van der Waals surface area contributed by atoms with Crippen molar-refractivity contribution in [3.63, 3.8) is 0 Å². The number of fused-ring (bicyclic) bond motifs is 1. The van der Waals surface area contributed by atoms with E-state index in [0.29, 0.717) is 0 Å². The summed E-state index contributed by atoms with van der Waals surface area (Å²) < 4.78 is 0. The van der Waals surface area contributed by atoms with E-state index in [1.807, 2.05) is 7.05 Å². The van der Waals surface area contributed by atoms with Gasteiger partial charge in [0.2, 0.25) is 0 Å². The summed E-state index contributed by atoms with van der Waals surface area (Å²) in [5.74, 6) is 0. The molecule has 0 aliphatic heterocycles. The second-order valence-electron chi connectivity index (χ2n) is 4.94. The lowest BCUT2D eigenvalue weighted by atomic mass is 9.90. The lowest BCUT2D eigenvalue weighted by Gasteiger charge is -2.16. The van der Waals surface area contributed by atoms with Crippen molar-refractivity contribution in [3.8, 4) is 0 Å². The maximum Gasteiger partial charge on any atom is 0.0205 e. The molecule has 0 unspecified atom stereocenters. The zero-order valence-corrected chi connectivity index (χ0v) is 10.9. The quantitative estimate of drug-likeness (QED) is 0.735. The molecular weight excluding hydrogens is 208 g/mol. The summed E-state index contributed by atoms with van der Waals surface area (Å²) in [5.41, 5.74) is 4.61. The van der Waals surface area contributed by atoms with E-state index in [2.05, 4.69) is 28.8 Å². The SMILES string of the molecule is CNCCCNCc1ccc2c(c1)CCCC2. The topological polar surface area (TPSA) is 24.1 Å². The molecular formula is C15H24N2. The first-order chi connectivity index (χ1) is 8.40. The van der Waals surface area contributed by atoms with E-state index in [1.165, 1.54) is 37.7 Å². The molecule has 2 heteroatoms. The lowest BCUT2D eigenvalue weighted by Crippen LogP contribution is -2.19. The summed E-state index contributed by atoms with van der Waals surface area (Å²) in [6.07, 6.45) is 6.50. The predicted octanol–water partition coefficient (Wildman–Crippen LogP) is 2.26. The normalized spacial score (nSPS) is 14.6. The molecule has 0 heterocycles. The van der Waals surface area contributed by atoms with E-state index in [1.54, 1.807) is 11.1 Å². The summed E-state index contributed by atoms with van der Waals surface area (Å²) in [4.78, 5) is 0. The van der Waals surface area contributed by atoms with Gasteiger partial charge in [-0.05, 0) is 68.9 Å². The smallest absolute Gasteiger partial charge is 0.0205 e. The van der Waals surface area contributed by atoms with Crippen LogP contribution in [0.25, 0.3) is 0 Å². The standard InChI is InChI=1S/C15H24N2/c1-16-9-4-10-17-12-13-7-8-14-5-2-3-6-15(14)11-13/h7-8,11,16-17H,2-6,9-10,12H2,1H3. The van der Waals surface area contributed by atoms with E-state index in [4.69, 9.17) is 0 Å². The molecule has 0 amide bonds. The zero-order chi connectivity index (χ0) is 11.9. The van der Waals surface area contributed by atoms with Gasteiger partial charge in [0.1, 0.15) is 0 Å². The molecule has 2 N–H and O–H groups in total. The minimum atomic E-state index is 1.01. The maximum atomic E-state index is 3.50. The maximum absolute atomic E-state index is 3.50. The summed E-state index contributed by atoms with van der Waals surface area (Å²) >= 11 is 0. The van der Waals surface area contributed by atoms with Gasteiger partial charge in [-0.1, -0.05) is 18.2 Å². The van der Waals surface area contributed by atoms with Crippen LogP contribution in [0, 0.1) is 0 Å². The Kier molecular flexibility index (Phi) is 5.02. The van der Waals surface area contributed by atoms with Gasteiger partial charge in [-0.15, -0.1) is 0 Å². The molecule has 1 aromatic carbocycles. The minimum absolute atomic E-state index is 1.01. The van der Waals surface area contributed by atoms with Crippen LogP contribution in [0.5, 0.6) is 0 Å². The summed E-state index contributed by atoms with van der Waals surface area (Å²) in [6, 6.07) is 7.02. The Bertz CT molecular complexity index is 347. The van der Waals surface area contributed by atoms with Gasteiger partial charge in [0.25, 0.3) is 0 Å². The Labute approximate surface area is 105 Å². The van der Waals surface area contributed by atoms with Gasteiger partial charge in [0, 0.05) is 6.54 Å². The van der Waals surface area contributed by atoms with Crippen LogP contribution >= 0.6 is 0 Å². The third-order valence-electron chi connectivity index (χ3n) is 3.52. The fourth-order valence-corrected chi connectivity index (χ4v) is 2.52. The first kappa shape index (κ1) is 12.6. The van der Waals surface area contributed by atoms with Crippen LogP contribution in [0.3, 0.4) is 0 Å². The Morgan fingerprint density at radius 2 is 1.88 bits per heavy atom. The highest BCUT2D eigenvalue weighted by Crippen LogP contribution is 2.22. The second kappa shape index (κ2) is 6.77. The predicted molar refractivity (Wildman–Crippen MR) is 73.3 cm³/mol. The highest BCUT2D eigenvalue weighted by atomic mass is 14.9. The van der Waals surface area contributed by atoms with Gasteiger partial charge in [0.05, 0.1) is 0 Å². The molecule has 0 atom stereocenters. The molecule has 0 saturated carbocycles. The molecule has 2 nitrogen and oxygen atoms in total. The fraction of sp³-hybridized carbons (Fsp3) is 0.600. The highest BCUT2D eigenvalue weighted by molar-refractivity contribution is 5.33. The number of aryl methyl sites for hydroxylation is 2. The van der Waals surface area contributed by atoms with E-state index in [0.717, 1.165) is 19.6 Å². The third kappa shape index (κ3) is 3.83. The molecule has 1 aliphatic rings. The van der Waals surface area contributed by atoms with Gasteiger partial charge in [-0.3, -0.25) is 0 Å². The van der Waals surface area contributed by atoms with Crippen molar-refractivity contribution >= 4 is 0 Å². The molecule has 0 radical (unpaired) electrons. The molecule has 17 heavy (non-hydrogen) atoms. The summed E-state index contributed by atoms with van der Waals surface area (Å²) in [7, 11) is 2.00. The Morgan fingerprint density at radius 3 is 2.71 bits per heavy atom. The van der Waals surface area contributed by atoms with E-state index < -0.39 is 0 Å². The molecule has 2 rings (SSSR count). The van der Waals surface area contributed by atoms with Crippen LogP contribution in [0.4, 0.5) is 0 Å². The van der Waals surface area contributed by atoms with Gasteiger partial charge >= 0.3 is 0 Å². The van der Waals surface area contributed by atoms with Crippen molar-refractivity contribution in [1.29, 1.82) is 0 Å². The molecule has 94 valence electrons. The molecule has 0 spiro atoms. The van der Waals surface area contributed by atoms with Gasteiger partial charge in [-0.2, -0.15) is 0 Å². The summed E-state index contributed by atoms with van der Waals surface area (Å²) in [5, 5.41) is 6.67. The van der Waals surface area contributed by atoms with Crippen LogP contribution in [0.1, 0.15) is 36.0 Å². The Balaban J connectivity index is 1.81. The molecule has 1 aliphatic carbocycles. The molecule has 0 fully saturated rings. The third-order valence-corrected chi connectivity index (χ3v) is 3.52. The van der Waals surface area contributed by atoms with Crippen molar-refractivity contribution in [2.45, 2.75) is 38.6 Å². The van der Waals surface area contributed by atoms with E-state index >= 15 is 0 Å². The lowest BCUT2D eigenvalue weighted by molar-refractivity contribution is 0.623. The van der Waals surface area contributed by atoms with Crippen LogP contribution < -0.4 is 10.6 Å². The van der Waals surface area contributed by atoms with Gasteiger partial charge in [0.15, 0.2) is 0 Å². The Morgan fingerprint density at radius 1 is 1.06 bits per heavy atom. The van der Waals surface area contributed by atoms with Crippen molar-refractivity contribution in [2.75, 3.05) is 20.1 Å². The van der Waals surface area contributed by atoms with E-state index in [-0.39, 0.29) is 0 Å². The number of benzene rings is 1.